The first-order valence-corrected chi connectivity index (χ1v) is 9.52. The number of nitro groups is 1. The average Bonchev–Trinajstić information content (AvgIpc) is 2.75. The Morgan fingerprint density at radius 1 is 1.13 bits per heavy atom. The van der Waals surface area contributed by atoms with Crippen LogP contribution in [0.4, 0.5) is 11.4 Å². The predicted octanol–water partition coefficient (Wildman–Crippen LogP) is 3.15. The van der Waals surface area contributed by atoms with Crippen LogP contribution < -0.4 is 15.0 Å². The van der Waals surface area contributed by atoms with Gasteiger partial charge in [-0.1, -0.05) is 23.8 Å². The number of pyridine rings is 1. The van der Waals surface area contributed by atoms with E-state index in [9.17, 15) is 20.3 Å². The highest BCUT2D eigenvalue weighted by molar-refractivity contribution is 7.81. The molecule has 0 unspecified atom stereocenters. The first-order chi connectivity index (χ1) is 14.4. The molecule has 0 amide bonds. The van der Waals surface area contributed by atoms with E-state index in [1.807, 2.05) is 0 Å². The second-order valence-electron chi connectivity index (χ2n) is 6.22. The maximum Gasteiger partial charge on any atom is 0.269 e. The van der Waals surface area contributed by atoms with Crippen LogP contribution in [0.15, 0.2) is 73.1 Å². The minimum atomic E-state index is -0.537. The minimum Gasteiger partial charge on any atom is -0.867 e. The fourth-order valence-electron chi connectivity index (χ4n) is 2.69. The number of thiocarbonyl (C=S) groups is 1. The van der Waals surface area contributed by atoms with Crippen LogP contribution in [-0.4, -0.2) is 15.0 Å². The third kappa shape index (κ3) is 4.98. The highest BCUT2D eigenvalue weighted by Gasteiger charge is 2.20. The van der Waals surface area contributed by atoms with Crippen LogP contribution in [0.1, 0.15) is 11.1 Å². The van der Waals surface area contributed by atoms with E-state index in [-0.39, 0.29) is 28.5 Å². The zero-order valence-electron chi connectivity index (χ0n) is 15.5. The van der Waals surface area contributed by atoms with Crippen molar-refractivity contribution in [2.75, 3.05) is 5.32 Å². The highest BCUT2D eigenvalue weighted by Crippen LogP contribution is 2.21. The number of hydrogen-bond donors (Lipinski definition) is 2. The number of nitro benzene ring substituents is 1. The number of benzene rings is 2. The average molecular weight is 442 g/mol. The molecule has 0 fully saturated rings. The first kappa shape index (κ1) is 21.4. The first-order valence-electron chi connectivity index (χ1n) is 8.73. The maximum absolute atomic E-state index is 13.3. The number of non-ortho nitro benzene ring substituents is 1. The summed E-state index contributed by atoms with van der Waals surface area (Å²) in [4.78, 5) is 10.5. The van der Waals surface area contributed by atoms with Gasteiger partial charge in [-0.05, 0) is 53.8 Å². The molecule has 0 bridgehead atoms. The van der Waals surface area contributed by atoms with E-state index >= 15 is 0 Å². The monoisotopic (exact) mass is 441 g/mol. The van der Waals surface area contributed by atoms with Crippen LogP contribution in [0, 0.1) is 10.1 Å². The van der Waals surface area contributed by atoms with E-state index < -0.39 is 10.7 Å². The van der Waals surface area contributed by atoms with Gasteiger partial charge >= 0.3 is 0 Å². The molecular weight excluding hydrogens is 426 g/mol. The zero-order valence-corrected chi connectivity index (χ0v) is 17.1. The number of aliphatic hydroxyl groups excluding tert-OH is 1. The molecule has 1 heterocycles. The van der Waals surface area contributed by atoms with Gasteiger partial charge in [0, 0.05) is 34.5 Å². The van der Waals surface area contributed by atoms with Crippen molar-refractivity contribution in [3.8, 4) is 0 Å². The number of hydrogen-bond acceptors (Lipinski definition) is 5. The number of halogens is 1. The molecule has 0 atom stereocenters. The molecule has 3 aromatic rings. The Bertz CT molecular complexity index is 1120. The van der Waals surface area contributed by atoms with Gasteiger partial charge in [0.2, 0.25) is 5.70 Å². The summed E-state index contributed by atoms with van der Waals surface area (Å²) in [7, 11) is 0. The van der Waals surface area contributed by atoms with Crippen molar-refractivity contribution in [3.63, 3.8) is 0 Å². The van der Waals surface area contributed by atoms with Gasteiger partial charge in [0.15, 0.2) is 17.4 Å². The number of rotatable bonds is 6. The van der Waals surface area contributed by atoms with Gasteiger partial charge in [-0.3, -0.25) is 10.1 Å². The summed E-state index contributed by atoms with van der Waals surface area (Å²) >= 11 is 11.4. The Morgan fingerprint density at radius 2 is 1.80 bits per heavy atom. The van der Waals surface area contributed by atoms with Crippen LogP contribution in [0.3, 0.4) is 0 Å². The van der Waals surface area contributed by atoms with Gasteiger partial charge in [0.05, 0.1) is 11.5 Å². The molecule has 0 saturated carbocycles. The highest BCUT2D eigenvalue weighted by atomic mass is 35.5. The lowest BCUT2D eigenvalue weighted by Gasteiger charge is -2.17. The quantitative estimate of drug-likeness (QED) is 0.152. The summed E-state index contributed by atoms with van der Waals surface area (Å²) in [6, 6.07) is 15.5. The molecule has 2 N–H and O–H groups in total. The summed E-state index contributed by atoms with van der Waals surface area (Å²) in [6.45, 7) is -0.211. The van der Waals surface area contributed by atoms with Gasteiger partial charge in [-0.25, -0.2) is 0 Å². The molecule has 0 aliphatic rings. The Balaban J connectivity index is 2.07. The van der Waals surface area contributed by atoms with Crippen molar-refractivity contribution in [2.45, 2.75) is 6.61 Å². The van der Waals surface area contributed by atoms with Gasteiger partial charge < -0.3 is 15.5 Å². The van der Waals surface area contributed by atoms with E-state index in [2.05, 4.69) is 5.32 Å². The Morgan fingerprint density at radius 3 is 2.40 bits per heavy atom. The molecule has 2 aromatic carbocycles. The van der Waals surface area contributed by atoms with Crippen molar-refractivity contribution in [1.29, 1.82) is 0 Å². The standard InChI is InChI=1S/C21H16ClN3O4S/c22-16-5-7-17(8-6-16)23-21(30)19(24-11-1-2-14(12-24)13-26)20(27)15-3-9-18(10-4-15)25(28)29/h1-12,26H,13H2,(H-,23,27,30). The van der Waals surface area contributed by atoms with E-state index in [1.165, 1.54) is 28.8 Å². The Kier molecular flexibility index (Phi) is 6.73. The van der Waals surface area contributed by atoms with Gasteiger partial charge in [-0.15, -0.1) is 0 Å². The molecule has 0 radical (unpaired) electrons. The van der Waals surface area contributed by atoms with Gasteiger partial charge in [-0.2, -0.15) is 4.57 Å². The lowest BCUT2D eigenvalue weighted by Crippen LogP contribution is -2.40. The van der Waals surface area contributed by atoms with Crippen LogP contribution in [-0.2, 0) is 6.61 Å². The summed E-state index contributed by atoms with van der Waals surface area (Å²) in [5.41, 5.74) is 1.46. The Hall–Kier alpha value is -3.33. The summed E-state index contributed by atoms with van der Waals surface area (Å²) < 4.78 is 1.51. The van der Waals surface area contributed by atoms with Crippen molar-refractivity contribution in [3.05, 3.63) is 99.3 Å². The second kappa shape index (κ2) is 9.45. The van der Waals surface area contributed by atoms with Crippen LogP contribution in [0.2, 0.25) is 5.02 Å². The Labute approximate surface area is 182 Å². The molecule has 3 rings (SSSR count). The third-order valence-electron chi connectivity index (χ3n) is 4.18. The van der Waals surface area contributed by atoms with Crippen molar-refractivity contribution >= 4 is 51.6 Å². The van der Waals surface area contributed by atoms with Gasteiger partial charge in [0.1, 0.15) is 0 Å². The molecule has 1 aromatic heterocycles. The molecule has 9 heteroatoms. The smallest absolute Gasteiger partial charge is 0.269 e. The van der Waals surface area contributed by atoms with Crippen LogP contribution in [0.25, 0.3) is 11.5 Å². The van der Waals surface area contributed by atoms with E-state index in [1.54, 1.807) is 48.8 Å². The predicted molar refractivity (Wildman–Crippen MR) is 116 cm³/mol. The van der Waals surface area contributed by atoms with E-state index in [0.29, 0.717) is 16.3 Å². The maximum atomic E-state index is 13.3. The SMILES string of the molecule is O=[N+]([O-])c1ccc(/C([O-])=C(/C(=S)Nc2ccc(Cl)cc2)[n+]2cccc(CO)c2)cc1. The van der Waals surface area contributed by atoms with Crippen molar-refractivity contribution in [1.82, 2.24) is 0 Å². The van der Waals surface area contributed by atoms with Crippen LogP contribution in [0.5, 0.6) is 0 Å². The number of nitrogens with zero attached hydrogens (tertiary/aromatic N) is 2. The molecule has 7 nitrogen and oxygen atoms in total. The fraction of sp³-hybridized carbons (Fsp3) is 0.0476. The minimum absolute atomic E-state index is 0.120. The molecule has 152 valence electrons. The molecule has 0 spiro atoms. The topological polar surface area (TPSA) is 102 Å². The lowest BCUT2D eigenvalue weighted by atomic mass is 10.1. The van der Waals surface area contributed by atoms with Crippen molar-refractivity contribution in [2.24, 2.45) is 0 Å². The molecule has 0 saturated heterocycles. The molecule has 30 heavy (non-hydrogen) atoms. The number of nitrogens with one attached hydrogen (secondary N) is 1. The largest absolute Gasteiger partial charge is 0.867 e. The summed E-state index contributed by atoms with van der Waals surface area (Å²) in [6.07, 6.45) is 3.22. The van der Waals surface area contributed by atoms with Crippen molar-refractivity contribution < 1.29 is 19.7 Å². The lowest BCUT2D eigenvalue weighted by molar-refractivity contribution is -0.578. The molecule has 0 aliphatic carbocycles. The van der Waals surface area contributed by atoms with E-state index in [0.717, 1.165) is 0 Å². The molecule has 0 aliphatic heterocycles. The fourth-order valence-corrected chi connectivity index (χ4v) is 3.13. The number of aliphatic hydroxyl groups is 1. The number of aromatic nitrogens is 1. The molecular formula is C21H16ClN3O4S. The second-order valence-corrected chi connectivity index (χ2v) is 7.07. The summed E-state index contributed by atoms with van der Waals surface area (Å²) in [5.74, 6) is -0.434. The van der Waals surface area contributed by atoms with E-state index in [4.69, 9.17) is 23.8 Å². The van der Waals surface area contributed by atoms with Gasteiger partial charge in [0.25, 0.3) is 5.69 Å². The normalized spacial score (nSPS) is 11.5. The number of anilines is 1. The van der Waals surface area contributed by atoms with Crippen LogP contribution >= 0.6 is 23.8 Å². The third-order valence-corrected chi connectivity index (χ3v) is 4.72. The zero-order chi connectivity index (χ0) is 21.7. The summed E-state index contributed by atoms with van der Waals surface area (Å²) in [5, 5.41) is 37.2.